The summed E-state index contributed by atoms with van der Waals surface area (Å²) >= 11 is 3.44. The van der Waals surface area contributed by atoms with E-state index < -0.39 is 0 Å². The van der Waals surface area contributed by atoms with Crippen LogP contribution in [-0.2, 0) is 11.2 Å². The third-order valence-corrected chi connectivity index (χ3v) is 3.75. The first-order valence-corrected chi connectivity index (χ1v) is 7.51. The van der Waals surface area contributed by atoms with E-state index >= 15 is 0 Å². The van der Waals surface area contributed by atoms with Crippen LogP contribution in [0.4, 0.5) is 0 Å². The van der Waals surface area contributed by atoms with Crippen molar-refractivity contribution in [2.75, 3.05) is 20.3 Å². The summed E-state index contributed by atoms with van der Waals surface area (Å²) in [7, 11) is 1.62. The molecule has 0 aliphatic heterocycles. The Morgan fingerprint density at radius 2 is 2.15 bits per heavy atom. The highest BCUT2D eigenvalue weighted by molar-refractivity contribution is 9.10. The molecule has 1 N–H and O–H groups in total. The van der Waals surface area contributed by atoms with Gasteiger partial charge in [0.2, 0.25) is 5.91 Å². The van der Waals surface area contributed by atoms with E-state index in [4.69, 9.17) is 9.84 Å². The molecule has 0 bridgehead atoms. The first-order valence-electron chi connectivity index (χ1n) is 6.72. The lowest BCUT2D eigenvalue weighted by atomic mass is 10.1. The minimum Gasteiger partial charge on any atom is -0.496 e. The molecule has 0 aliphatic rings. The number of hydrogen-bond donors (Lipinski definition) is 1. The second kappa shape index (κ2) is 8.27. The molecule has 4 nitrogen and oxygen atoms in total. The Balaban J connectivity index is 2.62. The van der Waals surface area contributed by atoms with Crippen LogP contribution in [0.5, 0.6) is 5.75 Å². The summed E-state index contributed by atoms with van der Waals surface area (Å²) in [6.45, 7) is 4.30. The zero-order valence-corrected chi connectivity index (χ0v) is 13.8. The molecule has 1 aromatic rings. The van der Waals surface area contributed by atoms with Crippen molar-refractivity contribution in [2.45, 2.75) is 32.7 Å². The molecular weight excluding hydrogens is 322 g/mol. The van der Waals surface area contributed by atoms with E-state index in [0.717, 1.165) is 15.8 Å². The second-order valence-electron chi connectivity index (χ2n) is 4.87. The van der Waals surface area contributed by atoms with Gasteiger partial charge in [-0.2, -0.15) is 0 Å². The number of carbonyl (C=O) groups excluding carboxylic acids is 1. The third kappa shape index (κ3) is 4.80. The highest BCUT2D eigenvalue weighted by atomic mass is 79.9. The Morgan fingerprint density at radius 1 is 1.45 bits per heavy atom. The molecule has 20 heavy (non-hydrogen) atoms. The molecule has 0 heterocycles. The molecule has 0 aliphatic carbocycles. The maximum absolute atomic E-state index is 12.1. The number of aryl methyl sites for hydroxylation is 1. The molecule has 1 aromatic carbocycles. The minimum absolute atomic E-state index is 0.00198. The van der Waals surface area contributed by atoms with Gasteiger partial charge in [-0.15, -0.1) is 0 Å². The van der Waals surface area contributed by atoms with Gasteiger partial charge in [-0.1, -0.05) is 6.07 Å². The van der Waals surface area contributed by atoms with Crippen LogP contribution in [0, 0.1) is 0 Å². The average Bonchev–Trinajstić information content (AvgIpc) is 2.42. The van der Waals surface area contributed by atoms with Gasteiger partial charge in [0, 0.05) is 19.0 Å². The topological polar surface area (TPSA) is 49.8 Å². The molecule has 5 heteroatoms. The van der Waals surface area contributed by atoms with E-state index in [2.05, 4.69) is 15.9 Å². The second-order valence-corrected chi connectivity index (χ2v) is 5.73. The van der Waals surface area contributed by atoms with Gasteiger partial charge < -0.3 is 14.7 Å². The standard InChI is InChI=1S/C15H22BrNO3/c1-11(2)17(8-9-18)15(19)7-5-12-4-6-14(20-3)13(16)10-12/h4,6,10-11,18H,5,7-9H2,1-3H3. The van der Waals surface area contributed by atoms with Crippen molar-refractivity contribution in [1.29, 1.82) is 0 Å². The summed E-state index contributed by atoms with van der Waals surface area (Å²) in [5, 5.41) is 9.00. The van der Waals surface area contributed by atoms with Crippen LogP contribution in [0.15, 0.2) is 22.7 Å². The molecule has 1 amide bonds. The van der Waals surface area contributed by atoms with Crippen LogP contribution in [0.1, 0.15) is 25.8 Å². The van der Waals surface area contributed by atoms with Gasteiger partial charge in [0.15, 0.2) is 0 Å². The number of aliphatic hydroxyl groups is 1. The summed E-state index contributed by atoms with van der Waals surface area (Å²) in [6, 6.07) is 5.93. The quantitative estimate of drug-likeness (QED) is 0.827. The molecule has 0 aromatic heterocycles. The molecule has 0 fully saturated rings. The van der Waals surface area contributed by atoms with Crippen molar-refractivity contribution in [3.05, 3.63) is 28.2 Å². The number of carbonyl (C=O) groups is 1. The fraction of sp³-hybridized carbons (Fsp3) is 0.533. The molecular formula is C15H22BrNO3. The molecule has 0 spiro atoms. The Hall–Kier alpha value is -1.07. The Bertz CT molecular complexity index is 449. The van der Waals surface area contributed by atoms with Crippen LogP contribution >= 0.6 is 15.9 Å². The average molecular weight is 344 g/mol. The van der Waals surface area contributed by atoms with Gasteiger partial charge in [0.25, 0.3) is 0 Å². The monoisotopic (exact) mass is 343 g/mol. The molecule has 0 saturated heterocycles. The van der Waals surface area contributed by atoms with Crippen LogP contribution in [0.25, 0.3) is 0 Å². The SMILES string of the molecule is COc1ccc(CCC(=O)N(CCO)C(C)C)cc1Br. The summed E-state index contributed by atoms with van der Waals surface area (Å²) < 4.78 is 6.07. The van der Waals surface area contributed by atoms with Gasteiger partial charge >= 0.3 is 0 Å². The fourth-order valence-electron chi connectivity index (χ4n) is 2.04. The third-order valence-electron chi connectivity index (χ3n) is 3.13. The zero-order chi connectivity index (χ0) is 15.1. The van der Waals surface area contributed by atoms with Crippen molar-refractivity contribution in [3.63, 3.8) is 0 Å². The largest absolute Gasteiger partial charge is 0.496 e. The summed E-state index contributed by atoms with van der Waals surface area (Å²) in [5.74, 6) is 0.852. The smallest absolute Gasteiger partial charge is 0.223 e. The van der Waals surface area contributed by atoms with Gasteiger partial charge in [-0.25, -0.2) is 0 Å². The van der Waals surface area contributed by atoms with E-state index in [-0.39, 0.29) is 18.6 Å². The molecule has 1 rings (SSSR count). The minimum atomic E-state index is -0.00198. The summed E-state index contributed by atoms with van der Waals surface area (Å²) in [5.41, 5.74) is 1.08. The number of amides is 1. The van der Waals surface area contributed by atoms with Gasteiger partial charge in [0.05, 0.1) is 18.2 Å². The number of aliphatic hydroxyl groups excluding tert-OH is 1. The molecule has 0 radical (unpaired) electrons. The fourth-order valence-corrected chi connectivity index (χ4v) is 2.63. The normalized spacial score (nSPS) is 10.7. The number of nitrogens with zero attached hydrogens (tertiary/aromatic N) is 1. The van der Waals surface area contributed by atoms with Crippen LogP contribution in [-0.4, -0.2) is 42.2 Å². The number of ether oxygens (including phenoxy) is 1. The maximum atomic E-state index is 12.1. The highest BCUT2D eigenvalue weighted by Crippen LogP contribution is 2.26. The van der Waals surface area contributed by atoms with E-state index in [1.54, 1.807) is 12.0 Å². The molecule has 112 valence electrons. The number of halogens is 1. The first kappa shape index (κ1) is 17.0. The number of rotatable bonds is 7. The highest BCUT2D eigenvalue weighted by Gasteiger charge is 2.16. The lowest BCUT2D eigenvalue weighted by Crippen LogP contribution is -2.39. The van der Waals surface area contributed by atoms with E-state index in [1.165, 1.54) is 0 Å². The summed E-state index contributed by atoms with van der Waals surface area (Å²) in [4.78, 5) is 13.8. The predicted octanol–water partition coefficient (Wildman–Crippen LogP) is 2.62. The molecule has 0 atom stereocenters. The Labute approximate surface area is 128 Å². The van der Waals surface area contributed by atoms with Crippen LogP contribution < -0.4 is 4.74 Å². The predicted molar refractivity (Wildman–Crippen MR) is 82.9 cm³/mol. The van der Waals surface area contributed by atoms with Crippen molar-refractivity contribution < 1.29 is 14.6 Å². The Morgan fingerprint density at radius 3 is 2.65 bits per heavy atom. The van der Waals surface area contributed by atoms with E-state index in [9.17, 15) is 4.79 Å². The van der Waals surface area contributed by atoms with Crippen molar-refractivity contribution in [2.24, 2.45) is 0 Å². The van der Waals surface area contributed by atoms with Gasteiger partial charge in [0.1, 0.15) is 5.75 Å². The zero-order valence-electron chi connectivity index (χ0n) is 12.2. The van der Waals surface area contributed by atoms with Crippen molar-refractivity contribution in [1.82, 2.24) is 4.90 Å². The van der Waals surface area contributed by atoms with Crippen molar-refractivity contribution >= 4 is 21.8 Å². The maximum Gasteiger partial charge on any atom is 0.223 e. The first-order chi connectivity index (χ1) is 9.49. The summed E-state index contributed by atoms with van der Waals surface area (Å²) in [6.07, 6.45) is 1.12. The lowest BCUT2D eigenvalue weighted by molar-refractivity contribution is -0.133. The van der Waals surface area contributed by atoms with Crippen molar-refractivity contribution in [3.8, 4) is 5.75 Å². The van der Waals surface area contributed by atoms with E-state index in [1.807, 2.05) is 32.0 Å². The number of benzene rings is 1. The van der Waals surface area contributed by atoms with Crippen LogP contribution in [0.2, 0.25) is 0 Å². The van der Waals surface area contributed by atoms with Crippen LogP contribution in [0.3, 0.4) is 0 Å². The number of hydrogen-bond acceptors (Lipinski definition) is 3. The Kier molecular flexibility index (Phi) is 7.02. The van der Waals surface area contributed by atoms with E-state index in [0.29, 0.717) is 19.4 Å². The lowest BCUT2D eigenvalue weighted by Gasteiger charge is -2.26. The van der Waals surface area contributed by atoms with Gasteiger partial charge in [-0.05, 0) is 53.9 Å². The molecule has 0 saturated carbocycles. The molecule has 0 unspecified atom stereocenters. The van der Waals surface area contributed by atoms with Gasteiger partial charge in [-0.3, -0.25) is 4.79 Å². The number of methoxy groups -OCH3 is 1.